The fraction of sp³-hybridized carbons (Fsp3) is 0.647. The minimum absolute atomic E-state index is 0.0224. The van der Waals surface area contributed by atoms with Gasteiger partial charge in [0.15, 0.2) is 0 Å². The van der Waals surface area contributed by atoms with E-state index in [4.69, 9.17) is 5.11 Å². The number of aliphatic hydroxyl groups is 1. The van der Waals surface area contributed by atoms with Gasteiger partial charge in [0.05, 0.1) is 11.5 Å². The summed E-state index contributed by atoms with van der Waals surface area (Å²) in [7, 11) is -6.17. The molecule has 0 amide bonds. The summed E-state index contributed by atoms with van der Waals surface area (Å²) >= 11 is 0. The Labute approximate surface area is 205 Å². The second kappa shape index (κ2) is 9.68. The van der Waals surface area contributed by atoms with E-state index in [9.17, 15) is 83.1 Å². The van der Waals surface area contributed by atoms with Gasteiger partial charge in [-0.05, 0) is 24.3 Å². The van der Waals surface area contributed by atoms with Crippen molar-refractivity contribution in [2.45, 2.75) is 51.9 Å². The Kier molecular flexibility index (Phi) is 8.63. The van der Waals surface area contributed by atoms with Crippen molar-refractivity contribution in [3.8, 4) is 0 Å². The normalized spacial score (nSPS) is 15.5. The number of anilines is 1. The summed E-state index contributed by atoms with van der Waals surface area (Å²) in [5.74, 6) is -51.8. The average molecular weight is 633 g/mol. The summed E-state index contributed by atoms with van der Waals surface area (Å²) in [5.41, 5.74) is -0.164. The molecule has 0 aliphatic rings. The highest BCUT2D eigenvalue weighted by Gasteiger charge is 2.96. The molecule has 0 bridgehead atoms. The first-order chi connectivity index (χ1) is 16.9. The standard InChI is InChI=1S/C17H12F17NO3S/c1-35(6-7-36)8-2-4-9(5-3-8)39(37,38)17(33,34)15(28,29)13(24,25)11(20,21)10(18,19)12(22,23)14(26,27)16(30,31)32/h2-5,36H,6-7H2,1H3. The zero-order chi connectivity index (χ0) is 31.5. The molecule has 39 heavy (non-hydrogen) atoms. The van der Waals surface area contributed by atoms with E-state index in [-0.39, 0.29) is 24.4 Å². The van der Waals surface area contributed by atoms with Gasteiger partial charge in [-0.2, -0.15) is 74.6 Å². The molecule has 0 heterocycles. The van der Waals surface area contributed by atoms with E-state index in [1.807, 2.05) is 0 Å². The highest BCUT2D eigenvalue weighted by molar-refractivity contribution is 7.92. The number of likely N-dealkylation sites (N-methyl/N-ethyl adjacent to an activating group) is 1. The molecule has 0 radical (unpaired) electrons. The first kappa shape index (κ1) is 34.8. The lowest BCUT2D eigenvalue weighted by molar-refractivity contribution is -0.458. The summed E-state index contributed by atoms with van der Waals surface area (Å²) in [5, 5.41) is 1.15. The van der Waals surface area contributed by atoms with Crippen molar-refractivity contribution in [2.24, 2.45) is 0 Å². The molecule has 0 unspecified atom stereocenters. The van der Waals surface area contributed by atoms with Crippen molar-refractivity contribution in [3.05, 3.63) is 24.3 Å². The maximum absolute atomic E-state index is 14.2. The third-order valence-corrected chi connectivity index (χ3v) is 6.88. The molecule has 4 nitrogen and oxygen atoms in total. The van der Waals surface area contributed by atoms with Gasteiger partial charge in [-0.25, -0.2) is 8.42 Å². The van der Waals surface area contributed by atoms with E-state index in [1.54, 1.807) is 0 Å². The van der Waals surface area contributed by atoms with Crippen LogP contribution in [0.25, 0.3) is 0 Å². The fourth-order valence-corrected chi connectivity index (χ4v) is 3.88. The molecule has 0 saturated heterocycles. The summed E-state index contributed by atoms with van der Waals surface area (Å²) in [6.07, 6.45) is -7.89. The fourth-order valence-electron chi connectivity index (χ4n) is 2.63. The maximum Gasteiger partial charge on any atom is 0.460 e. The number of rotatable bonds is 11. The molecule has 1 aromatic rings. The van der Waals surface area contributed by atoms with Crippen molar-refractivity contribution in [2.75, 3.05) is 25.1 Å². The molecule has 22 heteroatoms. The van der Waals surface area contributed by atoms with Gasteiger partial charge >= 0.3 is 47.0 Å². The van der Waals surface area contributed by atoms with Crippen molar-refractivity contribution in [3.63, 3.8) is 0 Å². The lowest BCUT2D eigenvalue weighted by Crippen LogP contribution is -2.75. The molecule has 0 aliphatic heterocycles. The topological polar surface area (TPSA) is 57.6 Å². The number of nitrogens with zero attached hydrogens (tertiary/aromatic N) is 1. The van der Waals surface area contributed by atoms with Crippen LogP contribution in [0.15, 0.2) is 29.2 Å². The number of aliphatic hydroxyl groups excluding tert-OH is 1. The molecule has 1 rings (SSSR count). The summed E-state index contributed by atoms with van der Waals surface area (Å²) in [4.78, 5) is -1.01. The second-order valence-electron chi connectivity index (χ2n) is 7.60. The van der Waals surface area contributed by atoms with Crippen molar-refractivity contribution in [1.82, 2.24) is 0 Å². The predicted octanol–water partition coefficient (Wildman–Crippen LogP) is 5.86. The minimum atomic E-state index is -8.88. The van der Waals surface area contributed by atoms with Gasteiger partial charge in [-0.3, -0.25) is 0 Å². The third kappa shape index (κ3) is 4.73. The Balaban J connectivity index is 3.72. The quantitative estimate of drug-likeness (QED) is 0.311. The van der Waals surface area contributed by atoms with Gasteiger partial charge in [-0.1, -0.05) is 0 Å². The van der Waals surface area contributed by atoms with Crippen LogP contribution in [0.4, 0.5) is 80.3 Å². The van der Waals surface area contributed by atoms with E-state index in [0.717, 1.165) is 4.90 Å². The van der Waals surface area contributed by atoms with Crippen LogP contribution in [0, 0.1) is 0 Å². The van der Waals surface area contributed by atoms with Gasteiger partial charge in [-0.15, -0.1) is 0 Å². The molecule has 0 saturated carbocycles. The minimum Gasteiger partial charge on any atom is -0.395 e. The smallest absolute Gasteiger partial charge is 0.395 e. The Morgan fingerprint density at radius 1 is 0.615 bits per heavy atom. The van der Waals surface area contributed by atoms with Crippen LogP contribution in [0.5, 0.6) is 0 Å². The lowest BCUT2D eigenvalue weighted by Gasteiger charge is -2.42. The highest BCUT2D eigenvalue weighted by Crippen LogP contribution is 2.64. The molecule has 228 valence electrons. The zero-order valence-corrected chi connectivity index (χ0v) is 19.1. The van der Waals surface area contributed by atoms with Crippen LogP contribution >= 0.6 is 0 Å². The number of halogens is 17. The largest absolute Gasteiger partial charge is 0.460 e. The third-order valence-electron chi connectivity index (χ3n) is 5.05. The molecular weight excluding hydrogens is 621 g/mol. The summed E-state index contributed by atoms with van der Waals surface area (Å²) in [6, 6.07) is 0.978. The van der Waals surface area contributed by atoms with Crippen LogP contribution in [-0.4, -0.2) is 80.7 Å². The van der Waals surface area contributed by atoms with E-state index >= 15 is 0 Å². The molecule has 0 aromatic heterocycles. The highest BCUT2D eigenvalue weighted by atomic mass is 32.2. The van der Waals surface area contributed by atoms with Gasteiger partial charge < -0.3 is 10.0 Å². The first-order valence-electron chi connectivity index (χ1n) is 9.33. The molecule has 0 fully saturated rings. The maximum atomic E-state index is 14.2. The molecule has 0 aliphatic carbocycles. The number of hydrogen-bond acceptors (Lipinski definition) is 4. The Hall–Kier alpha value is -2.26. The van der Waals surface area contributed by atoms with E-state index in [1.165, 1.54) is 7.05 Å². The van der Waals surface area contributed by atoms with Crippen LogP contribution < -0.4 is 4.90 Å². The van der Waals surface area contributed by atoms with Gasteiger partial charge in [0, 0.05) is 19.3 Å². The van der Waals surface area contributed by atoms with Gasteiger partial charge in [0.25, 0.3) is 0 Å². The number of hydrogen-bond donors (Lipinski definition) is 1. The Morgan fingerprint density at radius 2 is 0.949 bits per heavy atom. The second-order valence-corrected chi connectivity index (χ2v) is 9.59. The van der Waals surface area contributed by atoms with Crippen LogP contribution in [0.2, 0.25) is 0 Å². The first-order valence-corrected chi connectivity index (χ1v) is 10.8. The monoisotopic (exact) mass is 633 g/mol. The van der Waals surface area contributed by atoms with Gasteiger partial charge in [0.2, 0.25) is 9.84 Å². The van der Waals surface area contributed by atoms with Crippen LogP contribution in [-0.2, 0) is 9.84 Å². The summed E-state index contributed by atoms with van der Waals surface area (Å²) in [6.45, 7) is -0.767. The Bertz CT molecular complexity index is 1130. The van der Waals surface area contributed by atoms with Crippen molar-refractivity contribution in [1.29, 1.82) is 0 Å². The number of alkyl halides is 17. The average Bonchev–Trinajstić information content (AvgIpc) is 2.77. The number of benzene rings is 1. The van der Waals surface area contributed by atoms with Crippen LogP contribution in [0.1, 0.15) is 0 Å². The number of sulfone groups is 1. The lowest BCUT2D eigenvalue weighted by atomic mass is 9.91. The van der Waals surface area contributed by atoms with Gasteiger partial charge in [0.1, 0.15) is 0 Å². The summed E-state index contributed by atoms with van der Waals surface area (Å²) < 4.78 is 251. The Morgan fingerprint density at radius 3 is 1.28 bits per heavy atom. The SMILES string of the molecule is CN(CCO)c1ccc(S(=O)(=O)C(F)(F)C(F)(F)C(F)(F)C(F)(F)C(F)(F)C(F)(F)C(F)(F)C(F)(F)F)cc1. The van der Waals surface area contributed by atoms with Crippen molar-refractivity contribution >= 4 is 15.5 Å². The zero-order valence-electron chi connectivity index (χ0n) is 18.3. The van der Waals surface area contributed by atoms with Crippen molar-refractivity contribution < 1.29 is 88.2 Å². The van der Waals surface area contributed by atoms with E-state index < -0.39 is 68.3 Å². The van der Waals surface area contributed by atoms with E-state index in [2.05, 4.69) is 0 Å². The molecule has 0 atom stereocenters. The van der Waals surface area contributed by atoms with E-state index in [0.29, 0.717) is 12.1 Å². The van der Waals surface area contributed by atoms with Crippen LogP contribution in [0.3, 0.4) is 0 Å². The molecule has 1 N–H and O–H groups in total. The predicted molar refractivity (Wildman–Crippen MR) is 94.7 cm³/mol. The molecule has 0 spiro atoms. The molecule has 1 aromatic carbocycles. The molecular formula is C17H12F17NO3S.